The molecule has 21 heavy (non-hydrogen) atoms. The minimum atomic E-state index is -0.754. The highest BCUT2D eigenvalue weighted by molar-refractivity contribution is 6.29. The number of hydrogen-bond acceptors (Lipinski definition) is 1. The number of nitrogens with zero attached hydrogens (tertiary/aromatic N) is 2. The molecule has 0 atom stereocenters. The molecule has 0 saturated heterocycles. The fraction of sp³-hybridized carbons (Fsp3) is 0.375. The van der Waals surface area contributed by atoms with Crippen molar-refractivity contribution in [2.24, 2.45) is 0 Å². The molecule has 1 radical (unpaired) electrons. The first kappa shape index (κ1) is 13.9. The van der Waals surface area contributed by atoms with Gasteiger partial charge in [0.25, 0.3) is 0 Å². The minimum Gasteiger partial charge on any atom is -0.481 e. The van der Waals surface area contributed by atoms with E-state index in [1.54, 1.807) is 0 Å². The molecular formula is C16H19BN2O2+. The van der Waals surface area contributed by atoms with Crippen LogP contribution in [0, 0.1) is 6.92 Å². The van der Waals surface area contributed by atoms with Crippen LogP contribution in [0.3, 0.4) is 0 Å². The van der Waals surface area contributed by atoms with Crippen molar-refractivity contribution in [3.05, 3.63) is 40.4 Å². The highest BCUT2D eigenvalue weighted by Gasteiger charge is 2.40. The maximum absolute atomic E-state index is 11.0. The lowest BCUT2D eigenvalue weighted by Crippen LogP contribution is -2.32. The number of carbonyl (C=O) groups is 1. The van der Waals surface area contributed by atoms with Crippen LogP contribution in [0.5, 0.6) is 0 Å². The van der Waals surface area contributed by atoms with E-state index in [2.05, 4.69) is 56.3 Å². The number of allylic oxidation sites excluding steroid dienone is 3. The van der Waals surface area contributed by atoms with Crippen molar-refractivity contribution in [3.8, 4) is 0 Å². The third-order valence-corrected chi connectivity index (χ3v) is 4.60. The third-order valence-electron chi connectivity index (χ3n) is 4.60. The van der Waals surface area contributed by atoms with Gasteiger partial charge in [-0.15, -0.1) is 0 Å². The lowest BCUT2D eigenvalue weighted by Gasteiger charge is -2.18. The second-order valence-electron chi connectivity index (χ2n) is 5.77. The van der Waals surface area contributed by atoms with E-state index in [1.165, 1.54) is 16.9 Å². The van der Waals surface area contributed by atoms with Gasteiger partial charge in [0.05, 0.1) is 0 Å². The zero-order valence-electron chi connectivity index (χ0n) is 12.9. The van der Waals surface area contributed by atoms with Gasteiger partial charge in [-0.1, -0.05) is 0 Å². The molecule has 2 aliphatic heterocycles. The zero-order chi connectivity index (χ0) is 15.3. The number of carboxylic acid groups (broad SMARTS) is 1. The van der Waals surface area contributed by atoms with Crippen LogP contribution in [0.1, 0.15) is 45.0 Å². The number of fused-ring (bicyclic) bond motifs is 2. The molecular weight excluding hydrogens is 263 g/mol. The maximum atomic E-state index is 11.0. The van der Waals surface area contributed by atoms with Gasteiger partial charge in [-0.3, -0.25) is 9.28 Å². The molecule has 0 aliphatic carbocycles. The molecule has 0 spiro atoms. The molecule has 1 aromatic heterocycles. The molecule has 3 rings (SSSR count). The maximum Gasteiger partial charge on any atom is 0.699 e. The Morgan fingerprint density at radius 3 is 2.62 bits per heavy atom. The third kappa shape index (κ3) is 1.99. The summed E-state index contributed by atoms with van der Waals surface area (Å²) in [5.74, 6) is -0.754. The second kappa shape index (κ2) is 4.76. The lowest BCUT2D eigenvalue weighted by molar-refractivity contribution is -0.315. The van der Waals surface area contributed by atoms with E-state index >= 15 is 0 Å². The van der Waals surface area contributed by atoms with Crippen LogP contribution in [-0.2, 0) is 4.79 Å². The Hall–Kier alpha value is -2.04. The van der Waals surface area contributed by atoms with Crippen LogP contribution in [0.2, 0.25) is 0 Å². The van der Waals surface area contributed by atoms with Gasteiger partial charge in [-0.05, 0) is 39.3 Å². The minimum absolute atomic E-state index is 0.155. The molecule has 0 fully saturated rings. The average molecular weight is 282 g/mol. The zero-order valence-corrected chi connectivity index (χ0v) is 12.9. The average Bonchev–Trinajstić information content (AvgIpc) is 2.91. The van der Waals surface area contributed by atoms with Crippen molar-refractivity contribution in [1.29, 1.82) is 0 Å². The normalized spacial score (nSPS) is 17.1. The summed E-state index contributed by atoms with van der Waals surface area (Å²) in [5, 5.41) is 9.04. The summed E-state index contributed by atoms with van der Waals surface area (Å²) in [6, 6.07) is 4.17. The first-order valence-electron chi connectivity index (χ1n) is 7.21. The number of aromatic nitrogens is 1. The summed E-state index contributed by atoms with van der Waals surface area (Å²) in [7, 11) is 2.11. The first-order valence-corrected chi connectivity index (χ1v) is 7.21. The fourth-order valence-corrected chi connectivity index (χ4v) is 3.16. The Bertz CT molecular complexity index is 750. The predicted molar refractivity (Wildman–Crippen MR) is 83.4 cm³/mol. The van der Waals surface area contributed by atoms with Gasteiger partial charge >= 0.3 is 13.5 Å². The monoisotopic (exact) mass is 282 g/mol. The van der Waals surface area contributed by atoms with Crippen molar-refractivity contribution in [1.82, 2.24) is 4.48 Å². The molecule has 0 amide bonds. The Balaban J connectivity index is 2.21. The van der Waals surface area contributed by atoms with E-state index in [1.807, 2.05) is 0 Å². The number of aliphatic carboxylic acids is 1. The summed E-state index contributed by atoms with van der Waals surface area (Å²) in [4.78, 5) is 11.0. The second-order valence-corrected chi connectivity index (χ2v) is 5.77. The van der Waals surface area contributed by atoms with Crippen LogP contribution in [0.4, 0.5) is 0 Å². The van der Waals surface area contributed by atoms with E-state index < -0.39 is 5.97 Å². The smallest absolute Gasteiger partial charge is 0.481 e. The van der Waals surface area contributed by atoms with Gasteiger partial charge in [0.1, 0.15) is 0 Å². The van der Waals surface area contributed by atoms with Crippen molar-refractivity contribution in [2.45, 2.75) is 40.5 Å². The highest BCUT2D eigenvalue weighted by atomic mass is 16.4. The molecule has 0 bridgehead atoms. The molecule has 0 saturated carbocycles. The molecule has 4 nitrogen and oxygen atoms in total. The van der Waals surface area contributed by atoms with Crippen LogP contribution >= 0.6 is 0 Å². The van der Waals surface area contributed by atoms with Crippen molar-refractivity contribution in [3.63, 3.8) is 0 Å². The number of rotatable bonds is 3. The molecule has 2 aliphatic rings. The van der Waals surface area contributed by atoms with Crippen LogP contribution in [0.25, 0.3) is 5.57 Å². The number of hydrogen-bond donors (Lipinski definition) is 1. The van der Waals surface area contributed by atoms with E-state index in [9.17, 15) is 4.79 Å². The van der Waals surface area contributed by atoms with E-state index in [0.29, 0.717) is 6.42 Å². The van der Waals surface area contributed by atoms with Gasteiger partial charge in [0, 0.05) is 41.5 Å². The summed E-state index contributed by atoms with van der Waals surface area (Å²) in [6.45, 7) is 8.42. The molecule has 1 N–H and O–H groups in total. The highest BCUT2D eigenvalue weighted by Crippen LogP contribution is 2.37. The largest absolute Gasteiger partial charge is 0.699 e. The van der Waals surface area contributed by atoms with E-state index in [-0.39, 0.29) is 6.42 Å². The summed E-state index contributed by atoms with van der Waals surface area (Å²) < 4.78 is 4.35. The summed E-state index contributed by atoms with van der Waals surface area (Å²) in [5.41, 5.74) is 8.30. The van der Waals surface area contributed by atoms with E-state index in [0.717, 1.165) is 22.7 Å². The lowest BCUT2D eigenvalue weighted by atomic mass is 9.92. The van der Waals surface area contributed by atoms with Gasteiger partial charge in [-0.25, -0.2) is 0 Å². The molecule has 3 heterocycles. The summed E-state index contributed by atoms with van der Waals surface area (Å²) >= 11 is 0. The van der Waals surface area contributed by atoms with Crippen molar-refractivity contribution in [2.75, 3.05) is 0 Å². The number of carboxylic acids is 1. The van der Waals surface area contributed by atoms with Crippen LogP contribution in [-0.4, -0.2) is 33.3 Å². The Morgan fingerprint density at radius 2 is 1.95 bits per heavy atom. The Morgan fingerprint density at radius 1 is 1.24 bits per heavy atom. The Labute approximate surface area is 125 Å². The molecule has 1 aromatic rings. The van der Waals surface area contributed by atoms with Gasteiger partial charge < -0.3 is 9.58 Å². The first-order chi connectivity index (χ1) is 9.91. The van der Waals surface area contributed by atoms with Crippen LogP contribution < -0.4 is 0 Å². The molecule has 5 heteroatoms. The topological polar surface area (TPSA) is 45.2 Å². The van der Waals surface area contributed by atoms with Gasteiger partial charge in [0.15, 0.2) is 11.4 Å². The standard InChI is InChI=1S/C16H19BN2O2/c1-9-5-7-14-13(6-8-15(20)21)16-11(3)10(2)12(4)19(16)17-18(9)14/h5,7H,6,8H2,1-4H3,(H,20,21)/q+1. The fourth-order valence-electron chi connectivity index (χ4n) is 3.16. The molecule has 0 aromatic carbocycles. The van der Waals surface area contributed by atoms with Crippen molar-refractivity contribution >= 4 is 24.8 Å². The summed E-state index contributed by atoms with van der Waals surface area (Å²) in [6.07, 6.45) is 0.707. The Kier molecular flexibility index (Phi) is 3.16. The predicted octanol–water partition coefficient (Wildman–Crippen LogP) is 2.59. The molecule has 0 unspecified atom stereocenters. The number of aryl methyl sites for hydroxylation is 1. The van der Waals surface area contributed by atoms with Crippen LogP contribution in [0.15, 0.2) is 29.0 Å². The van der Waals surface area contributed by atoms with Crippen molar-refractivity contribution < 1.29 is 14.4 Å². The SMILES string of the molecule is CC1=C(C)C(C)=[N+]2[B]n3c(C)ccc3C(CCC(=O)O)=C12. The quantitative estimate of drug-likeness (QED) is 0.866. The van der Waals surface area contributed by atoms with Gasteiger partial charge in [0.2, 0.25) is 0 Å². The molecule has 107 valence electrons. The van der Waals surface area contributed by atoms with E-state index in [4.69, 9.17) is 5.11 Å². The van der Waals surface area contributed by atoms with Gasteiger partial charge in [-0.2, -0.15) is 0 Å².